The second-order valence-electron chi connectivity index (χ2n) is 8.10. The first-order valence-electron chi connectivity index (χ1n) is 11.0. The van der Waals surface area contributed by atoms with Gasteiger partial charge in [0.1, 0.15) is 0 Å². The molecule has 0 aliphatic rings. The Morgan fingerprint density at radius 3 is 2.38 bits per heavy atom. The molecule has 0 fully saturated rings. The van der Waals surface area contributed by atoms with Gasteiger partial charge >= 0.3 is 0 Å². The topological polar surface area (TPSA) is 83.3 Å². The Morgan fingerprint density at radius 1 is 1.09 bits per heavy atom. The minimum atomic E-state index is -3.45. The van der Waals surface area contributed by atoms with Crippen molar-refractivity contribution in [3.05, 3.63) is 35.2 Å². The number of sulfone groups is 1. The van der Waals surface area contributed by atoms with Gasteiger partial charge in [0.2, 0.25) is 5.88 Å². The van der Waals surface area contributed by atoms with E-state index in [0.717, 1.165) is 28.6 Å². The first kappa shape index (κ1) is 24.2. The molecular formula is C24H33N3O4S. The third-order valence-electron chi connectivity index (χ3n) is 5.70. The van der Waals surface area contributed by atoms with Crippen LogP contribution in [-0.4, -0.2) is 49.5 Å². The number of methoxy groups -OCH3 is 1. The van der Waals surface area contributed by atoms with E-state index in [0.29, 0.717) is 42.5 Å². The molecule has 0 saturated heterocycles. The van der Waals surface area contributed by atoms with Crippen LogP contribution in [0.3, 0.4) is 0 Å². The van der Waals surface area contributed by atoms with E-state index in [-0.39, 0.29) is 10.9 Å². The molecule has 0 radical (unpaired) electrons. The van der Waals surface area contributed by atoms with Crippen LogP contribution in [0.5, 0.6) is 5.88 Å². The van der Waals surface area contributed by atoms with Crippen molar-refractivity contribution in [3.8, 4) is 17.1 Å². The molecular weight excluding hydrogens is 426 g/mol. The largest absolute Gasteiger partial charge is 0.477 e. The number of pyridine rings is 2. The predicted molar refractivity (Wildman–Crippen MR) is 127 cm³/mol. The SMILES string of the molecule is CCOc1nc(CC)c(S(C)(=O)=O)cc1-c1nc2c(C)cn([C@H](CC)COC)c2cc1C. The van der Waals surface area contributed by atoms with Gasteiger partial charge in [0.15, 0.2) is 9.84 Å². The van der Waals surface area contributed by atoms with Crippen molar-refractivity contribution >= 4 is 20.9 Å². The number of rotatable bonds is 9. The molecule has 3 aromatic rings. The highest BCUT2D eigenvalue weighted by atomic mass is 32.2. The average molecular weight is 460 g/mol. The van der Waals surface area contributed by atoms with E-state index in [1.54, 1.807) is 13.2 Å². The molecule has 0 unspecified atom stereocenters. The van der Waals surface area contributed by atoms with E-state index in [1.807, 2.05) is 27.7 Å². The van der Waals surface area contributed by atoms with Gasteiger partial charge in [0, 0.05) is 19.6 Å². The molecule has 0 aromatic carbocycles. The molecule has 3 rings (SSSR count). The lowest BCUT2D eigenvalue weighted by atomic mass is 10.1. The molecule has 3 heterocycles. The highest BCUT2D eigenvalue weighted by Gasteiger charge is 2.23. The molecule has 3 aromatic heterocycles. The van der Waals surface area contributed by atoms with Crippen LogP contribution >= 0.6 is 0 Å². The molecule has 0 aliphatic carbocycles. The zero-order valence-electron chi connectivity index (χ0n) is 20.0. The van der Waals surface area contributed by atoms with Crippen LogP contribution < -0.4 is 4.74 Å². The molecule has 32 heavy (non-hydrogen) atoms. The fourth-order valence-corrected chi connectivity index (χ4v) is 5.04. The van der Waals surface area contributed by atoms with Crippen molar-refractivity contribution in [2.75, 3.05) is 26.6 Å². The van der Waals surface area contributed by atoms with E-state index in [4.69, 9.17) is 14.5 Å². The van der Waals surface area contributed by atoms with Gasteiger partial charge in [0.25, 0.3) is 0 Å². The van der Waals surface area contributed by atoms with Crippen LogP contribution in [-0.2, 0) is 21.0 Å². The Balaban J connectivity index is 2.30. The predicted octanol–water partition coefficient (Wildman–Crippen LogP) is 4.68. The highest BCUT2D eigenvalue weighted by Crippen LogP contribution is 2.36. The highest BCUT2D eigenvalue weighted by molar-refractivity contribution is 7.90. The van der Waals surface area contributed by atoms with Gasteiger partial charge in [0.05, 0.1) is 52.1 Å². The number of hydrogen-bond acceptors (Lipinski definition) is 6. The van der Waals surface area contributed by atoms with E-state index in [2.05, 4.69) is 28.7 Å². The fraction of sp³-hybridized carbons (Fsp3) is 0.500. The molecule has 0 N–H and O–H groups in total. The molecule has 7 nitrogen and oxygen atoms in total. The van der Waals surface area contributed by atoms with Crippen LogP contribution in [0.25, 0.3) is 22.3 Å². The number of fused-ring (bicyclic) bond motifs is 1. The van der Waals surface area contributed by atoms with E-state index in [9.17, 15) is 8.42 Å². The van der Waals surface area contributed by atoms with Crippen molar-refractivity contribution in [2.24, 2.45) is 0 Å². The summed E-state index contributed by atoms with van der Waals surface area (Å²) in [5.74, 6) is 0.412. The zero-order chi connectivity index (χ0) is 23.6. The van der Waals surface area contributed by atoms with Gasteiger partial charge in [-0.25, -0.2) is 18.4 Å². The first-order chi connectivity index (χ1) is 15.2. The lowest BCUT2D eigenvalue weighted by molar-refractivity contribution is 0.155. The van der Waals surface area contributed by atoms with Crippen LogP contribution in [0, 0.1) is 13.8 Å². The third kappa shape index (κ3) is 4.52. The van der Waals surface area contributed by atoms with Crippen molar-refractivity contribution in [3.63, 3.8) is 0 Å². The standard InChI is InChI=1S/C24H33N3O4S/c1-8-17(14-30-6)27-13-16(5)23-20(27)11-15(4)22(26-23)18-12-21(32(7,28)29)19(9-2)25-24(18)31-10-3/h11-13,17H,8-10,14H2,1-7H3/t17-/m1/s1. The summed E-state index contributed by atoms with van der Waals surface area (Å²) in [7, 11) is -1.74. The maximum Gasteiger partial charge on any atom is 0.223 e. The summed E-state index contributed by atoms with van der Waals surface area (Å²) in [5.41, 5.74) is 5.67. The summed E-state index contributed by atoms with van der Waals surface area (Å²) in [6.45, 7) is 11.0. The fourth-order valence-electron chi connectivity index (χ4n) is 4.09. The van der Waals surface area contributed by atoms with E-state index >= 15 is 0 Å². The Hall–Kier alpha value is -2.45. The number of nitrogens with zero attached hydrogens (tertiary/aromatic N) is 3. The monoisotopic (exact) mass is 459 g/mol. The first-order valence-corrected chi connectivity index (χ1v) is 12.9. The Morgan fingerprint density at radius 2 is 1.81 bits per heavy atom. The Labute approximate surface area is 190 Å². The van der Waals surface area contributed by atoms with Crippen LogP contribution in [0.2, 0.25) is 0 Å². The number of ether oxygens (including phenoxy) is 2. The van der Waals surface area contributed by atoms with E-state index in [1.165, 1.54) is 6.26 Å². The number of hydrogen-bond donors (Lipinski definition) is 0. The maximum absolute atomic E-state index is 12.5. The van der Waals surface area contributed by atoms with Gasteiger partial charge in [-0.15, -0.1) is 0 Å². The smallest absolute Gasteiger partial charge is 0.223 e. The third-order valence-corrected chi connectivity index (χ3v) is 6.85. The van der Waals surface area contributed by atoms with Gasteiger partial charge in [-0.05, 0) is 56.9 Å². The lowest BCUT2D eigenvalue weighted by Gasteiger charge is -2.18. The molecule has 0 amide bonds. The average Bonchev–Trinajstić information content (AvgIpc) is 3.05. The summed E-state index contributed by atoms with van der Waals surface area (Å²) in [4.78, 5) is 9.78. The molecule has 0 saturated carbocycles. The van der Waals surface area contributed by atoms with Crippen molar-refractivity contribution in [2.45, 2.75) is 58.4 Å². The molecule has 0 bridgehead atoms. The van der Waals surface area contributed by atoms with Crippen molar-refractivity contribution in [1.29, 1.82) is 0 Å². The van der Waals surface area contributed by atoms with Gasteiger partial charge in [-0.1, -0.05) is 13.8 Å². The van der Waals surface area contributed by atoms with Crippen molar-refractivity contribution in [1.82, 2.24) is 14.5 Å². The summed E-state index contributed by atoms with van der Waals surface area (Å²) >= 11 is 0. The number of aryl methyl sites for hydroxylation is 3. The minimum Gasteiger partial charge on any atom is -0.477 e. The number of aromatic nitrogens is 3. The molecule has 8 heteroatoms. The van der Waals surface area contributed by atoms with Gasteiger partial charge < -0.3 is 14.0 Å². The summed E-state index contributed by atoms with van der Waals surface area (Å²) < 4.78 is 38.4. The van der Waals surface area contributed by atoms with Gasteiger partial charge in [-0.3, -0.25) is 0 Å². The Kier molecular flexibility index (Phi) is 7.25. The normalized spacial score (nSPS) is 13.0. The summed E-state index contributed by atoms with van der Waals surface area (Å²) in [6, 6.07) is 3.98. The van der Waals surface area contributed by atoms with Gasteiger partial charge in [-0.2, -0.15) is 0 Å². The van der Waals surface area contributed by atoms with Crippen LogP contribution in [0.1, 0.15) is 50.1 Å². The second kappa shape index (κ2) is 9.58. The van der Waals surface area contributed by atoms with Crippen LogP contribution in [0.15, 0.2) is 23.2 Å². The zero-order valence-corrected chi connectivity index (χ0v) is 20.8. The quantitative estimate of drug-likeness (QED) is 0.462. The lowest BCUT2D eigenvalue weighted by Crippen LogP contribution is -2.13. The molecule has 1 atom stereocenters. The summed E-state index contributed by atoms with van der Waals surface area (Å²) in [5, 5.41) is 0. The summed E-state index contributed by atoms with van der Waals surface area (Å²) in [6.07, 6.45) is 4.75. The Bertz CT molecular complexity index is 1230. The molecule has 0 spiro atoms. The van der Waals surface area contributed by atoms with Crippen LogP contribution in [0.4, 0.5) is 0 Å². The van der Waals surface area contributed by atoms with E-state index < -0.39 is 9.84 Å². The maximum atomic E-state index is 12.5. The molecule has 0 aliphatic heterocycles. The minimum absolute atomic E-state index is 0.213. The van der Waals surface area contributed by atoms with Crippen molar-refractivity contribution < 1.29 is 17.9 Å². The second-order valence-corrected chi connectivity index (χ2v) is 10.1. The molecule has 174 valence electrons.